The van der Waals surface area contributed by atoms with Gasteiger partial charge in [0, 0.05) is 99.2 Å². The SMILES string of the molecule is C=CC(=O)N1CC2C(=O)N(C)c3c(c4cc(F)c(-c5c(O)cccc5F)c(F)c4n(-c4c(C#N)ccnc4C(C)C)c3=O)N2CC1C.C=CC(=O)N1CC2C(=O)N(C)c3c(c4cc(F)c(-c5c(O)cccc5F)c(F)c4n(-c4c(C(N)=O)ccnc4C(C)C)c3=O)N2CC1C.C=CC(=O)N1CC2C(=O)N(C)c3c(c4cc(F)c(-c5c(O)cccc5F)c(F)c4n(-c4c(CO)ccnc4C(C)C)c3=O)N2CC1C. The van der Waals surface area contributed by atoms with Crippen molar-refractivity contribution >= 4 is 108 Å². The van der Waals surface area contributed by atoms with Crippen molar-refractivity contribution in [1.82, 2.24) is 43.4 Å². The second-order valence-electron chi connectivity index (χ2n) is 36.1. The highest BCUT2D eigenvalue weighted by atomic mass is 19.2. The molecule has 6 aliphatic rings. The van der Waals surface area contributed by atoms with Gasteiger partial charge in [-0.2, -0.15) is 5.26 Å². The van der Waals surface area contributed by atoms with Crippen molar-refractivity contribution in [3.05, 3.63) is 265 Å². The standard InChI is InChI=1S/C34H31F3N6O5.C34H29F3N6O4.C34H32F3N5O5/c1-6-23(45)41-14-21-33(47)40(5)31-30(42(21)13-16(41)4)18-12-20(36)25(24-19(35)8-7-9-22(24)44)26(37)28(18)43(34(31)48)29-17(32(38)46)10-11-39-27(29)15(2)3;1-6-24(45)41-15-22-33(46)40(5)32-31(42(22)14-17(41)4)19-12-21(36)26(25-20(35)8-7-9-23(25)44)27(37)30(19)43(34(32)47)29-18(13-38)10-11-39-28(29)16(2)3;1-6-24(45)40-14-22-33(46)39(5)32-31(41(22)13-17(40)4)19-12-21(36)26(25-20(35)8-7-9-23(25)44)27(37)30(19)42(34(32)47)29-18(15-43)10-11-38-28(29)16(2)3/h6-12,15-16,21,44H,1,13-14H2,2-5H3,(H2,38,46);6-12,16-17,22,44H,1,14-15H2,2-5H3;6-12,16-17,22,43-44H,1,13-15H2,2-5H3. The summed E-state index contributed by atoms with van der Waals surface area (Å²) in [6.07, 6.45) is 7.48. The summed E-state index contributed by atoms with van der Waals surface area (Å²) in [7, 11) is 4.05. The van der Waals surface area contributed by atoms with E-state index in [2.05, 4.69) is 34.7 Å². The molecule has 0 bridgehead atoms. The van der Waals surface area contributed by atoms with Crippen molar-refractivity contribution in [3.63, 3.8) is 0 Å². The van der Waals surface area contributed by atoms with Crippen LogP contribution in [-0.2, 0) is 35.4 Å². The first-order valence-corrected chi connectivity index (χ1v) is 44.8. The van der Waals surface area contributed by atoms with Crippen LogP contribution in [0.1, 0.15) is 119 Å². The van der Waals surface area contributed by atoms with Gasteiger partial charge >= 0.3 is 0 Å². The molecule has 12 aromatic rings. The zero-order valence-electron chi connectivity index (χ0n) is 78.4. The molecule has 6 N–H and O–H groups in total. The molecule has 6 aromatic carbocycles. The Morgan fingerprint density at radius 3 is 1.01 bits per heavy atom. The molecule has 7 amide bonds. The molecule has 12 heterocycles. The number of anilines is 6. The molecule has 6 aliphatic heterocycles. The van der Waals surface area contributed by atoms with Gasteiger partial charge in [-0.15, -0.1) is 0 Å². The Hall–Kier alpha value is -16.5. The molecular formula is C102H92F9N17O14. The third-order valence-corrected chi connectivity index (χ3v) is 26.7. The normalized spacial score (nSPS) is 17.6. The zero-order valence-corrected chi connectivity index (χ0v) is 78.4. The third-order valence-electron chi connectivity index (χ3n) is 26.7. The number of likely N-dealkylation sites (N-methyl/N-ethyl adjacent to an activating group) is 3. The lowest BCUT2D eigenvalue weighted by atomic mass is 9.94. The Morgan fingerprint density at radius 1 is 0.423 bits per heavy atom. The van der Waals surface area contributed by atoms with Crippen LogP contribution in [0.4, 0.5) is 73.6 Å². The topological polar surface area (TPSA) is 384 Å². The molecule has 3 fully saturated rings. The fourth-order valence-corrected chi connectivity index (χ4v) is 20.2. The number of phenols is 3. The number of fused-ring (bicyclic) bond motifs is 15. The van der Waals surface area contributed by atoms with Gasteiger partial charge in [0.2, 0.25) is 17.7 Å². The minimum absolute atomic E-state index is 0.00591. The number of carbonyl (C=O) groups excluding carboxylic acids is 7. The van der Waals surface area contributed by atoms with Crippen LogP contribution in [0, 0.1) is 63.7 Å². The number of amides is 7. The number of aromatic hydroxyl groups is 3. The Morgan fingerprint density at radius 2 is 0.718 bits per heavy atom. The molecule has 18 rings (SSSR count). The quantitative estimate of drug-likeness (QED) is 0.0498. The van der Waals surface area contributed by atoms with E-state index in [1.165, 1.54) is 89.7 Å². The highest BCUT2D eigenvalue weighted by molar-refractivity contribution is 6.17. The number of piperazine rings is 3. The molecule has 142 heavy (non-hydrogen) atoms. The number of carbonyl (C=O) groups is 7. The summed E-state index contributed by atoms with van der Waals surface area (Å²) in [5.74, 6) is -18.6. The highest BCUT2D eigenvalue weighted by Gasteiger charge is 2.52. The minimum atomic E-state index is -1.43. The van der Waals surface area contributed by atoms with Crippen molar-refractivity contribution in [2.45, 2.75) is 123 Å². The van der Waals surface area contributed by atoms with Gasteiger partial charge in [-0.1, -0.05) is 79.5 Å². The maximum absolute atomic E-state index is 17.2. The minimum Gasteiger partial charge on any atom is -0.507 e. The van der Waals surface area contributed by atoms with E-state index in [9.17, 15) is 73.6 Å². The number of nitriles is 1. The van der Waals surface area contributed by atoms with E-state index >= 15 is 39.5 Å². The summed E-state index contributed by atoms with van der Waals surface area (Å²) < 4.78 is 149. The molecular weight excluding hydrogens is 1860 g/mol. The number of rotatable bonds is 14. The summed E-state index contributed by atoms with van der Waals surface area (Å²) in [5.41, 5.74) is -3.92. The summed E-state index contributed by atoms with van der Waals surface area (Å²) in [6.45, 7) is 25.4. The molecule has 732 valence electrons. The number of halogens is 9. The van der Waals surface area contributed by atoms with Crippen LogP contribution in [0.5, 0.6) is 17.2 Å². The van der Waals surface area contributed by atoms with Gasteiger partial charge in [0.1, 0.15) is 93.4 Å². The summed E-state index contributed by atoms with van der Waals surface area (Å²) in [6, 6.07) is 13.7. The largest absolute Gasteiger partial charge is 0.507 e. The predicted molar refractivity (Wildman–Crippen MR) is 512 cm³/mol. The molecule has 6 unspecified atom stereocenters. The number of nitrogens with zero attached hydrogens (tertiary/aromatic N) is 16. The van der Waals surface area contributed by atoms with E-state index in [1.807, 2.05) is 6.07 Å². The second kappa shape index (κ2) is 37.4. The van der Waals surface area contributed by atoms with Crippen LogP contribution in [0.15, 0.2) is 162 Å². The lowest BCUT2D eigenvalue weighted by molar-refractivity contribution is -0.132. The molecule has 31 nitrogen and oxygen atoms in total. The van der Waals surface area contributed by atoms with E-state index < -0.39 is 232 Å². The number of hydrogen-bond donors (Lipinski definition) is 5. The number of aromatic nitrogens is 6. The summed E-state index contributed by atoms with van der Waals surface area (Å²) >= 11 is 0. The van der Waals surface area contributed by atoms with Crippen LogP contribution in [0.2, 0.25) is 0 Å². The highest BCUT2D eigenvalue weighted by Crippen LogP contribution is 2.52. The molecule has 0 aliphatic carbocycles. The lowest BCUT2D eigenvalue weighted by Gasteiger charge is -2.50. The van der Waals surface area contributed by atoms with Crippen LogP contribution in [0.3, 0.4) is 0 Å². The van der Waals surface area contributed by atoms with Gasteiger partial charge in [-0.25, -0.2) is 39.5 Å². The van der Waals surface area contributed by atoms with Crippen LogP contribution >= 0.6 is 0 Å². The average molecular weight is 1950 g/mol. The zero-order chi connectivity index (χ0) is 103. The van der Waals surface area contributed by atoms with E-state index in [0.717, 1.165) is 107 Å². The average Bonchev–Trinajstić information content (AvgIpc) is 0.704. The maximum Gasteiger partial charge on any atom is 0.281 e. The number of benzene rings is 6. The third kappa shape index (κ3) is 15.5. The molecule has 3 saturated heterocycles. The maximum atomic E-state index is 17.2. The van der Waals surface area contributed by atoms with E-state index in [-0.39, 0.29) is 141 Å². The number of phenolic OH excluding ortho intramolecular Hbond substituents is 3. The summed E-state index contributed by atoms with van der Waals surface area (Å²) in [5, 5.41) is 51.7. The van der Waals surface area contributed by atoms with Crippen molar-refractivity contribution < 1.29 is 93.5 Å². The Bertz CT molecular complexity index is 7710. The lowest BCUT2D eigenvalue weighted by Crippen LogP contribution is -2.66. The van der Waals surface area contributed by atoms with Gasteiger partial charge in [-0.05, 0) is 130 Å². The summed E-state index contributed by atoms with van der Waals surface area (Å²) in [4.78, 5) is 162. The molecule has 0 radical (unpaired) electrons. The number of hydrogen-bond acceptors (Lipinski definition) is 21. The van der Waals surface area contributed by atoms with Crippen molar-refractivity contribution in [2.24, 2.45) is 5.73 Å². The van der Waals surface area contributed by atoms with Crippen LogP contribution in [-0.4, -0.2) is 202 Å². The Labute approximate surface area is 803 Å². The first-order chi connectivity index (χ1) is 67.4. The predicted octanol–water partition coefficient (Wildman–Crippen LogP) is 13.1. The monoisotopic (exact) mass is 1950 g/mol. The van der Waals surface area contributed by atoms with Gasteiger partial charge in [0.25, 0.3) is 40.3 Å². The van der Waals surface area contributed by atoms with Crippen LogP contribution < -0.4 is 51.8 Å². The molecule has 0 spiro atoms. The van der Waals surface area contributed by atoms with E-state index in [1.54, 1.807) is 72.1 Å². The number of aliphatic hydroxyl groups is 1. The molecule has 6 aromatic heterocycles. The number of pyridine rings is 6. The molecule has 6 atom stereocenters. The fraction of sp³-hybridized carbons (Fsp3) is 0.275. The number of aliphatic hydroxyl groups excluding tert-OH is 1. The smallest absolute Gasteiger partial charge is 0.281 e. The van der Waals surface area contributed by atoms with E-state index in [4.69, 9.17) is 5.73 Å². The van der Waals surface area contributed by atoms with Gasteiger partial charge in [-0.3, -0.25) is 76.6 Å². The first kappa shape index (κ1) is 98.6. The van der Waals surface area contributed by atoms with Gasteiger partial charge in [0.15, 0.2) is 17.5 Å². The van der Waals surface area contributed by atoms with E-state index in [0.29, 0.717) is 5.69 Å². The Balaban J connectivity index is 0.000000153. The van der Waals surface area contributed by atoms with Gasteiger partial charge < -0.3 is 70.3 Å². The van der Waals surface area contributed by atoms with Crippen molar-refractivity contribution in [1.29, 1.82) is 5.26 Å². The van der Waals surface area contributed by atoms with Crippen molar-refractivity contribution in [2.75, 3.05) is 89.8 Å². The number of primary amides is 1. The van der Waals surface area contributed by atoms with Crippen LogP contribution in [0.25, 0.3) is 83.2 Å². The molecule has 40 heteroatoms. The first-order valence-electron chi connectivity index (χ1n) is 44.8. The fourth-order valence-electron chi connectivity index (χ4n) is 20.2. The second-order valence-corrected chi connectivity index (χ2v) is 36.1. The van der Waals surface area contributed by atoms with Gasteiger partial charge in [0.05, 0.1) is 139 Å². The Kier molecular flexibility index (Phi) is 25.9. The molecule has 0 saturated carbocycles. The van der Waals surface area contributed by atoms with Crippen molar-refractivity contribution in [3.8, 4) is 73.8 Å². The number of nitrogens with two attached hydrogens (primary N) is 1.